The fraction of sp³-hybridized carbons (Fsp3) is 0.500. The number of rotatable bonds is 5. The number of anilines is 1. The molecular weight excluding hydrogens is 229 g/mol. The number of alkyl halides is 1. The Bertz CT molecular complexity index is 460. The summed E-state index contributed by atoms with van der Waals surface area (Å²) in [6.07, 6.45) is -0.291. The van der Waals surface area contributed by atoms with E-state index in [2.05, 4.69) is 5.10 Å². The van der Waals surface area contributed by atoms with Crippen LogP contribution in [0.5, 0.6) is 0 Å². The average molecular weight is 243 g/mol. The number of carboxylic acids is 1. The van der Waals surface area contributed by atoms with Gasteiger partial charge in [-0.1, -0.05) is 6.92 Å². The monoisotopic (exact) mass is 243 g/mol. The molecule has 1 rings (SSSR count). The summed E-state index contributed by atoms with van der Waals surface area (Å²) in [5.74, 6) is -1.74. The van der Waals surface area contributed by atoms with E-state index in [0.29, 0.717) is 10.4 Å². The molecule has 0 saturated heterocycles. The summed E-state index contributed by atoms with van der Waals surface area (Å²) in [4.78, 5) is 23.6. The lowest BCUT2D eigenvalue weighted by atomic mass is 10.3. The minimum atomic E-state index is -2.45. The molecule has 94 valence electrons. The molecule has 0 spiro atoms. The summed E-state index contributed by atoms with van der Waals surface area (Å²) in [5.41, 5.74) is -0.244. The van der Waals surface area contributed by atoms with Gasteiger partial charge in [0.2, 0.25) is 0 Å². The predicted octanol–water partition coefficient (Wildman–Crippen LogP) is 0.642. The van der Waals surface area contributed by atoms with Crippen molar-refractivity contribution in [3.8, 4) is 0 Å². The minimum absolute atomic E-state index is 0.297. The molecule has 0 saturated carbocycles. The maximum atomic E-state index is 13.1. The van der Waals surface area contributed by atoms with Gasteiger partial charge in [0.05, 0.1) is 11.9 Å². The Kier molecular flexibility index (Phi) is 4.19. The second-order valence-electron chi connectivity index (χ2n) is 3.59. The van der Waals surface area contributed by atoms with Gasteiger partial charge in [-0.25, -0.2) is 9.18 Å². The van der Waals surface area contributed by atoms with E-state index in [1.54, 1.807) is 11.9 Å². The zero-order valence-electron chi connectivity index (χ0n) is 9.63. The third-order valence-electron chi connectivity index (χ3n) is 2.23. The molecule has 0 aliphatic rings. The van der Waals surface area contributed by atoms with E-state index in [-0.39, 0.29) is 0 Å². The lowest BCUT2D eigenvalue weighted by Crippen LogP contribution is -2.30. The van der Waals surface area contributed by atoms with Gasteiger partial charge in [0.1, 0.15) is 0 Å². The number of carbonyl (C=O) groups is 1. The van der Waals surface area contributed by atoms with Crippen LogP contribution in [0.15, 0.2) is 17.1 Å². The summed E-state index contributed by atoms with van der Waals surface area (Å²) >= 11 is 0. The Morgan fingerprint density at radius 3 is 2.82 bits per heavy atom. The molecule has 1 heterocycles. The van der Waals surface area contributed by atoms with Gasteiger partial charge in [0.15, 0.2) is 0 Å². The van der Waals surface area contributed by atoms with Crippen LogP contribution in [0.25, 0.3) is 0 Å². The summed E-state index contributed by atoms with van der Waals surface area (Å²) in [5, 5.41) is 11.9. The molecule has 0 fully saturated rings. The molecule has 0 aromatic carbocycles. The number of halogens is 1. The zero-order chi connectivity index (χ0) is 13.0. The Balaban J connectivity index is 3.02. The van der Waals surface area contributed by atoms with Crippen LogP contribution in [0, 0.1) is 0 Å². The van der Waals surface area contributed by atoms with Gasteiger partial charge < -0.3 is 10.0 Å². The fourth-order valence-corrected chi connectivity index (χ4v) is 1.36. The molecule has 0 radical (unpaired) electrons. The van der Waals surface area contributed by atoms with E-state index in [9.17, 15) is 14.0 Å². The quantitative estimate of drug-likeness (QED) is 0.821. The van der Waals surface area contributed by atoms with Crippen molar-refractivity contribution in [2.45, 2.75) is 19.6 Å². The normalized spacial score (nSPS) is 12.2. The largest absolute Gasteiger partial charge is 0.478 e. The van der Waals surface area contributed by atoms with Crippen molar-refractivity contribution >= 4 is 11.7 Å². The van der Waals surface area contributed by atoms with Crippen LogP contribution in [0.2, 0.25) is 0 Å². The lowest BCUT2D eigenvalue weighted by molar-refractivity contribution is -0.147. The van der Waals surface area contributed by atoms with Gasteiger partial charge in [0.25, 0.3) is 11.9 Å². The van der Waals surface area contributed by atoms with E-state index in [4.69, 9.17) is 5.11 Å². The second kappa shape index (κ2) is 5.42. The van der Waals surface area contributed by atoms with Crippen LogP contribution >= 0.6 is 0 Å². The Labute approximate surface area is 97.3 Å². The van der Waals surface area contributed by atoms with Crippen molar-refractivity contribution in [3.05, 3.63) is 22.6 Å². The van der Waals surface area contributed by atoms with Gasteiger partial charge in [-0.3, -0.25) is 4.79 Å². The highest BCUT2D eigenvalue weighted by atomic mass is 19.1. The van der Waals surface area contributed by atoms with Gasteiger partial charge >= 0.3 is 5.97 Å². The first kappa shape index (κ1) is 13.1. The average Bonchev–Trinajstić information content (AvgIpc) is 2.28. The topological polar surface area (TPSA) is 75.4 Å². The maximum absolute atomic E-state index is 13.1. The number of nitrogens with zero attached hydrogens (tertiary/aromatic N) is 3. The predicted molar refractivity (Wildman–Crippen MR) is 59.8 cm³/mol. The molecule has 17 heavy (non-hydrogen) atoms. The molecule has 6 nitrogen and oxygen atoms in total. The fourth-order valence-electron chi connectivity index (χ4n) is 1.36. The number of hydrogen-bond acceptors (Lipinski definition) is 4. The zero-order valence-corrected chi connectivity index (χ0v) is 9.63. The highest BCUT2D eigenvalue weighted by Crippen LogP contribution is 2.09. The van der Waals surface area contributed by atoms with Crippen LogP contribution in [0.1, 0.15) is 19.6 Å². The van der Waals surface area contributed by atoms with Crippen molar-refractivity contribution in [1.82, 2.24) is 9.78 Å². The number of carboxylic acid groups (broad SMARTS) is 1. The Hall–Kier alpha value is -1.92. The highest BCUT2D eigenvalue weighted by Gasteiger charge is 2.20. The number of aromatic nitrogens is 2. The molecule has 0 amide bonds. The standard InChI is InChI=1S/C10H14FN3O3/c1-3-4-13(2)7-5-8(15)14(12-6-7)9(11)10(16)17/h5-6,9H,3-4H2,1-2H3,(H,16,17). The smallest absolute Gasteiger partial charge is 0.361 e. The van der Waals surface area contributed by atoms with Gasteiger partial charge in [-0.05, 0) is 6.42 Å². The summed E-state index contributed by atoms with van der Waals surface area (Å²) in [6.45, 7) is 2.70. The summed E-state index contributed by atoms with van der Waals surface area (Å²) in [6, 6.07) is 1.16. The molecule has 7 heteroatoms. The third kappa shape index (κ3) is 3.02. The van der Waals surface area contributed by atoms with Crippen molar-refractivity contribution in [2.75, 3.05) is 18.5 Å². The lowest BCUT2D eigenvalue weighted by Gasteiger charge is -2.17. The molecule has 0 bridgehead atoms. The van der Waals surface area contributed by atoms with Crippen molar-refractivity contribution in [1.29, 1.82) is 0 Å². The first-order valence-electron chi connectivity index (χ1n) is 5.14. The van der Waals surface area contributed by atoms with E-state index >= 15 is 0 Å². The second-order valence-corrected chi connectivity index (χ2v) is 3.59. The Morgan fingerprint density at radius 1 is 1.71 bits per heavy atom. The van der Waals surface area contributed by atoms with Crippen LogP contribution in [-0.4, -0.2) is 34.4 Å². The SMILES string of the molecule is CCCN(C)c1cnn(C(F)C(=O)O)c(=O)c1. The van der Waals surface area contributed by atoms with Gasteiger partial charge in [-0.15, -0.1) is 0 Å². The van der Waals surface area contributed by atoms with Crippen molar-refractivity contribution in [2.24, 2.45) is 0 Å². The molecular formula is C10H14FN3O3. The van der Waals surface area contributed by atoms with E-state index in [0.717, 1.165) is 19.0 Å². The molecule has 1 N–H and O–H groups in total. The van der Waals surface area contributed by atoms with Crippen LogP contribution < -0.4 is 10.5 Å². The van der Waals surface area contributed by atoms with Crippen LogP contribution in [0.4, 0.5) is 10.1 Å². The van der Waals surface area contributed by atoms with Gasteiger partial charge in [-0.2, -0.15) is 9.78 Å². The van der Waals surface area contributed by atoms with Gasteiger partial charge in [0, 0.05) is 19.7 Å². The van der Waals surface area contributed by atoms with E-state index in [1.807, 2.05) is 6.92 Å². The van der Waals surface area contributed by atoms with E-state index < -0.39 is 17.8 Å². The molecule has 1 atom stereocenters. The molecule has 1 aromatic heterocycles. The third-order valence-corrected chi connectivity index (χ3v) is 2.23. The summed E-state index contributed by atoms with van der Waals surface area (Å²) in [7, 11) is 1.77. The maximum Gasteiger partial charge on any atom is 0.361 e. The van der Waals surface area contributed by atoms with Crippen molar-refractivity contribution in [3.63, 3.8) is 0 Å². The first-order valence-corrected chi connectivity index (χ1v) is 5.14. The van der Waals surface area contributed by atoms with Crippen LogP contribution in [0.3, 0.4) is 0 Å². The number of aliphatic carboxylic acids is 1. The van der Waals surface area contributed by atoms with Crippen LogP contribution in [-0.2, 0) is 4.79 Å². The van der Waals surface area contributed by atoms with Crippen molar-refractivity contribution < 1.29 is 14.3 Å². The minimum Gasteiger partial charge on any atom is -0.478 e. The molecule has 0 aliphatic carbocycles. The highest BCUT2D eigenvalue weighted by molar-refractivity contribution is 5.69. The molecule has 1 aromatic rings. The first-order chi connectivity index (χ1) is 7.97. The summed E-state index contributed by atoms with van der Waals surface area (Å²) < 4.78 is 13.4. The molecule has 1 unspecified atom stereocenters. The Morgan fingerprint density at radius 2 is 2.35 bits per heavy atom. The van der Waals surface area contributed by atoms with E-state index in [1.165, 1.54) is 6.20 Å². The number of hydrogen-bond donors (Lipinski definition) is 1. The molecule has 0 aliphatic heterocycles.